The molecule has 2 rings (SSSR count). The number of hydrogen-bond acceptors (Lipinski definition) is 4. The van der Waals surface area contributed by atoms with Gasteiger partial charge in [-0.25, -0.2) is 4.98 Å². The Morgan fingerprint density at radius 2 is 2.37 bits per heavy atom. The molecule has 106 valence electrons. The van der Waals surface area contributed by atoms with Crippen molar-refractivity contribution in [2.45, 2.75) is 58.0 Å². The molecule has 1 unspecified atom stereocenters. The molecule has 0 radical (unpaired) electrons. The minimum Gasteiger partial charge on any atom is -0.350 e. The Labute approximate surface area is 119 Å². The minimum absolute atomic E-state index is 0.0759. The lowest BCUT2D eigenvalue weighted by Gasteiger charge is -2.14. The van der Waals surface area contributed by atoms with Crippen LogP contribution in [0.1, 0.15) is 50.7 Å². The topological polar surface area (TPSA) is 54.0 Å². The summed E-state index contributed by atoms with van der Waals surface area (Å²) in [6, 6.07) is 0.362. The molecular weight excluding hydrogens is 258 g/mol. The van der Waals surface area contributed by atoms with Gasteiger partial charge in [-0.15, -0.1) is 11.3 Å². The molecule has 1 amide bonds. The maximum absolute atomic E-state index is 11.8. The van der Waals surface area contributed by atoms with Crippen molar-refractivity contribution in [1.82, 2.24) is 15.6 Å². The molecule has 1 atom stereocenters. The molecule has 1 fully saturated rings. The Balaban J connectivity index is 1.78. The molecule has 0 saturated carbocycles. The van der Waals surface area contributed by atoms with Gasteiger partial charge in [0.25, 0.3) is 0 Å². The minimum atomic E-state index is 0.0759. The van der Waals surface area contributed by atoms with Crippen molar-refractivity contribution in [2.24, 2.45) is 0 Å². The zero-order valence-corrected chi connectivity index (χ0v) is 12.8. The fraction of sp³-hybridized carbons (Fsp3) is 0.714. The summed E-state index contributed by atoms with van der Waals surface area (Å²) >= 11 is 1.62. The van der Waals surface area contributed by atoms with E-state index >= 15 is 0 Å². The van der Waals surface area contributed by atoms with E-state index in [9.17, 15) is 4.79 Å². The summed E-state index contributed by atoms with van der Waals surface area (Å²) in [5.41, 5.74) is 1.17. The first-order chi connectivity index (χ1) is 8.95. The van der Waals surface area contributed by atoms with E-state index in [-0.39, 0.29) is 11.3 Å². The number of amides is 1. The van der Waals surface area contributed by atoms with E-state index in [2.05, 4.69) is 41.8 Å². The zero-order chi connectivity index (χ0) is 13.9. The predicted molar refractivity (Wildman–Crippen MR) is 78.3 cm³/mol. The summed E-state index contributed by atoms with van der Waals surface area (Å²) in [6.45, 7) is 8.04. The summed E-state index contributed by atoms with van der Waals surface area (Å²) in [5, 5.41) is 9.36. The molecule has 0 aromatic carbocycles. The van der Waals surface area contributed by atoms with Gasteiger partial charge >= 0.3 is 0 Å². The number of carbonyl (C=O) groups is 1. The van der Waals surface area contributed by atoms with Crippen LogP contribution < -0.4 is 10.6 Å². The second-order valence-electron chi connectivity index (χ2n) is 6.15. The Morgan fingerprint density at radius 1 is 1.58 bits per heavy atom. The smallest absolute Gasteiger partial charge is 0.221 e. The van der Waals surface area contributed by atoms with Gasteiger partial charge in [-0.3, -0.25) is 4.79 Å². The Bertz CT molecular complexity index is 430. The summed E-state index contributed by atoms with van der Waals surface area (Å²) < 4.78 is 0. The van der Waals surface area contributed by atoms with Crippen LogP contribution in [0.15, 0.2) is 5.38 Å². The zero-order valence-electron chi connectivity index (χ0n) is 12.0. The van der Waals surface area contributed by atoms with E-state index in [1.54, 1.807) is 11.3 Å². The van der Waals surface area contributed by atoms with E-state index in [4.69, 9.17) is 0 Å². The van der Waals surface area contributed by atoms with Crippen LogP contribution in [-0.2, 0) is 16.8 Å². The molecule has 2 heterocycles. The highest BCUT2D eigenvalue weighted by molar-refractivity contribution is 7.09. The van der Waals surface area contributed by atoms with E-state index in [0.717, 1.165) is 23.7 Å². The van der Waals surface area contributed by atoms with Gasteiger partial charge in [0, 0.05) is 23.3 Å². The fourth-order valence-corrected chi connectivity index (χ4v) is 3.10. The third-order valence-corrected chi connectivity index (χ3v) is 4.20. The number of aromatic nitrogens is 1. The highest BCUT2D eigenvalue weighted by Gasteiger charge is 2.19. The first-order valence-corrected chi connectivity index (χ1v) is 7.78. The molecule has 2 N–H and O–H groups in total. The number of thiazole rings is 1. The highest BCUT2D eigenvalue weighted by atomic mass is 32.1. The lowest BCUT2D eigenvalue weighted by molar-refractivity contribution is -0.121. The van der Waals surface area contributed by atoms with Crippen LogP contribution in [0, 0.1) is 0 Å². The fourth-order valence-electron chi connectivity index (χ4n) is 2.14. The second kappa shape index (κ2) is 6.01. The van der Waals surface area contributed by atoms with Gasteiger partial charge < -0.3 is 10.6 Å². The predicted octanol–water partition coefficient (Wildman–Crippen LogP) is 2.20. The number of carbonyl (C=O) groups excluding carboxylic acids is 1. The third-order valence-electron chi connectivity index (χ3n) is 3.35. The normalized spacial score (nSPS) is 19.6. The van der Waals surface area contributed by atoms with Crippen LogP contribution in [0.5, 0.6) is 0 Å². The summed E-state index contributed by atoms with van der Waals surface area (Å²) in [4.78, 5) is 16.4. The van der Waals surface area contributed by atoms with Crippen LogP contribution in [0.25, 0.3) is 0 Å². The standard InChI is InChI=1S/C14H23N3OS/c1-14(2,3)11-9-19-13(17-11)8-16-12(18)7-10-5-4-6-15-10/h9-10,15H,4-8H2,1-3H3,(H,16,18). The van der Waals surface area contributed by atoms with Crippen molar-refractivity contribution in [2.75, 3.05) is 6.54 Å². The average Bonchev–Trinajstić information content (AvgIpc) is 2.95. The van der Waals surface area contributed by atoms with Crippen LogP contribution in [0.3, 0.4) is 0 Å². The van der Waals surface area contributed by atoms with Crippen molar-refractivity contribution in [1.29, 1.82) is 0 Å². The molecule has 0 spiro atoms. The molecule has 0 aliphatic carbocycles. The Kier molecular flexibility index (Phi) is 4.58. The van der Waals surface area contributed by atoms with Gasteiger partial charge in [-0.2, -0.15) is 0 Å². The Morgan fingerprint density at radius 3 is 2.95 bits per heavy atom. The Hall–Kier alpha value is -0.940. The molecule has 5 heteroatoms. The van der Waals surface area contributed by atoms with Crippen LogP contribution in [0.2, 0.25) is 0 Å². The summed E-state index contributed by atoms with van der Waals surface area (Å²) in [7, 11) is 0. The molecular formula is C14H23N3OS. The van der Waals surface area contributed by atoms with Gasteiger partial charge in [-0.05, 0) is 19.4 Å². The quantitative estimate of drug-likeness (QED) is 0.889. The summed E-state index contributed by atoms with van der Waals surface area (Å²) in [6.07, 6.45) is 2.87. The maximum Gasteiger partial charge on any atom is 0.221 e. The van der Waals surface area contributed by atoms with E-state index in [1.807, 2.05) is 0 Å². The number of hydrogen-bond donors (Lipinski definition) is 2. The largest absolute Gasteiger partial charge is 0.350 e. The van der Waals surface area contributed by atoms with Gasteiger partial charge in [0.15, 0.2) is 0 Å². The molecule has 1 saturated heterocycles. The van der Waals surface area contributed by atoms with E-state index < -0.39 is 0 Å². The molecule has 1 aromatic heterocycles. The summed E-state index contributed by atoms with van der Waals surface area (Å²) in [5.74, 6) is 0.118. The number of rotatable bonds is 4. The average molecular weight is 281 g/mol. The van der Waals surface area contributed by atoms with Crippen molar-refractivity contribution in [3.05, 3.63) is 16.1 Å². The number of nitrogens with zero attached hydrogens (tertiary/aromatic N) is 1. The molecule has 0 bridgehead atoms. The van der Waals surface area contributed by atoms with Crippen LogP contribution >= 0.6 is 11.3 Å². The molecule has 1 aliphatic rings. The van der Waals surface area contributed by atoms with Crippen LogP contribution in [-0.4, -0.2) is 23.5 Å². The highest BCUT2D eigenvalue weighted by Crippen LogP contribution is 2.23. The SMILES string of the molecule is CC(C)(C)c1csc(CNC(=O)CC2CCCN2)n1. The van der Waals surface area contributed by atoms with E-state index in [1.165, 1.54) is 6.42 Å². The first-order valence-electron chi connectivity index (χ1n) is 6.90. The molecule has 19 heavy (non-hydrogen) atoms. The van der Waals surface area contributed by atoms with Crippen molar-refractivity contribution < 1.29 is 4.79 Å². The molecule has 4 nitrogen and oxygen atoms in total. The first kappa shape index (κ1) is 14.5. The molecule has 1 aliphatic heterocycles. The van der Waals surface area contributed by atoms with Crippen molar-refractivity contribution in [3.63, 3.8) is 0 Å². The maximum atomic E-state index is 11.8. The third kappa shape index (κ3) is 4.28. The van der Waals surface area contributed by atoms with Gasteiger partial charge in [0.2, 0.25) is 5.91 Å². The van der Waals surface area contributed by atoms with Gasteiger partial charge in [0.05, 0.1) is 12.2 Å². The number of nitrogens with one attached hydrogen (secondary N) is 2. The second-order valence-corrected chi connectivity index (χ2v) is 7.09. The lowest BCUT2D eigenvalue weighted by Crippen LogP contribution is -2.31. The van der Waals surface area contributed by atoms with Crippen molar-refractivity contribution >= 4 is 17.2 Å². The van der Waals surface area contributed by atoms with Crippen molar-refractivity contribution in [3.8, 4) is 0 Å². The molecule has 1 aromatic rings. The van der Waals surface area contributed by atoms with Crippen LogP contribution in [0.4, 0.5) is 0 Å². The lowest BCUT2D eigenvalue weighted by atomic mass is 9.93. The van der Waals surface area contributed by atoms with E-state index in [0.29, 0.717) is 19.0 Å². The van der Waals surface area contributed by atoms with Gasteiger partial charge in [0.1, 0.15) is 5.01 Å². The van der Waals surface area contributed by atoms with Gasteiger partial charge in [-0.1, -0.05) is 20.8 Å². The monoisotopic (exact) mass is 281 g/mol.